The molecule has 7 nitrogen and oxygen atoms in total. The Morgan fingerprint density at radius 1 is 1.08 bits per heavy atom. The van der Waals surface area contributed by atoms with Crippen molar-refractivity contribution in [3.05, 3.63) is 76.6 Å². The monoisotopic (exact) mass is 561 g/mol. The molecule has 36 heavy (non-hydrogen) atoms. The SMILES string of the molecule is CCN(Cc1cnc(S(=O)(=O)Cc2cccc(C(F)(F)F)c2)n1C1CC1)S(=O)(=O)c1ccc(Cl)cc1. The Kier molecular flexibility index (Phi) is 7.26. The highest BCUT2D eigenvalue weighted by Crippen LogP contribution is 2.39. The van der Waals surface area contributed by atoms with E-state index in [0.29, 0.717) is 23.6 Å². The highest BCUT2D eigenvalue weighted by molar-refractivity contribution is 7.90. The van der Waals surface area contributed by atoms with Gasteiger partial charge in [0.2, 0.25) is 25.0 Å². The summed E-state index contributed by atoms with van der Waals surface area (Å²) < 4.78 is 94.7. The standard InChI is InChI=1S/C23H23ClF3N3O4S2/c1-2-29(36(33,34)21-10-6-18(24)7-11-21)14-20-13-28-22(30(20)19-8-9-19)35(31,32)15-16-4-3-5-17(12-16)23(25,26)27/h3-7,10-13,19H,2,8-9,14-15H2,1H3. The van der Waals surface area contributed by atoms with Crippen LogP contribution in [-0.2, 0) is 38.3 Å². The molecule has 0 N–H and O–H groups in total. The van der Waals surface area contributed by atoms with Gasteiger partial charge in [0.1, 0.15) is 0 Å². The zero-order valence-corrected chi connectivity index (χ0v) is 21.5. The van der Waals surface area contributed by atoms with Gasteiger partial charge >= 0.3 is 6.18 Å². The van der Waals surface area contributed by atoms with Crippen LogP contribution in [0.15, 0.2) is 64.8 Å². The minimum atomic E-state index is -4.60. The molecule has 0 aliphatic heterocycles. The molecular weight excluding hydrogens is 539 g/mol. The molecule has 13 heteroatoms. The Balaban J connectivity index is 1.65. The van der Waals surface area contributed by atoms with Crippen LogP contribution >= 0.6 is 11.6 Å². The van der Waals surface area contributed by atoms with Gasteiger partial charge in [-0.05, 0) is 48.7 Å². The van der Waals surface area contributed by atoms with E-state index in [1.54, 1.807) is 6.92 Å². The fourth-order valence-electron chi connectivity index (χ4n) is 3.87. The van der Waals surface area contributed by atoms with Gasteiger partial charge in [-0.1, -0.05) is 36.7 Å². The minimum absolute atomic E-state index is 0.0165. The lowest BCUT2D eigenvalue weighted by Gasteiger charge is -2.21. The van der Waals surface area contributed by atoms with E-state index in [2.05, 4.69) is 4.98 Å². The van der Waals surface area contributed by atoms with E-state index in [9.17, 15) is 30.0 Å². The van der Waals surface area contributed by atoms with Gasteiger partial charge in [-0.15, -0.1) is 0 Å². The summed E-state index contributed by atoms with van der Waals surface area (Å²) in [4.78, 5) is 4.13. The third kappa shape index (κ3) is 5.61. The lowest BCUT2D eigenvalue weighted by Crippen LogP contribution is -2.31. The lowest BCUT2D eigenvalue weighted by molar-refractivity contribution is -0.137. The predicted molar refractivity (Wildman–Crippen MR) is 128 cm³/mol. The summed E-state index contributed by atoms with van der Waals surface area (Å²) in [5, 5.41) is 0.108. The molecule has 2 aromatic carbocycles. The quantitative estimate of drug-likeness (QED) is 0.364. The highest BCUT2D eigenvalue weighted by Gasteiger charge is 2.36. The van der Waals surface area contributed by atoms with Crippen LogP contribution in [0.4, 0.5) is 13.2 Å². The molecular formula is C23H23ClF3N3O4S2. The predicted octanol–water partition coefficient (Wildman–Crippen LogP) is 5.07. The fourth-order valence-corrected chi connectivity index (χ4v) is 6.95. The first kappa shape index (κ1) is 26.6. The fraction of sp³-hybridized carbons (Fsp3) is 0.348. The third-order valence-corrected chi connectivity index (χ3v) is 9.54. The van der Waals surface area contributed by atoms with Gasteiger partial charge in [0, 0.05) is 17.6 Å². The van der Waals surface area contributed by atoms with Crippen molar-refractivity contribution in [2.45, 2.75) is 54.3 Å². The summed E-state index contributed by atoms with van der Waals surface area (Å²) in [6.07, 6.45) is -1.91. The molecule has 1 heterocycles. The van der Waals surface area contributed by atoms with Gasteiger partial charge in [0.15, 0.2) is 0 Å². The zero-order chi connectivity index (χ0) is 26.3. The molecule has 0 unspecified atom stereocenters. The molecule has 0 bridgehead atoms. The van der Waals surface area contributed by atoms with Gasteiger partial charge in [-0.25, -0.2) is 21.8 Å². The number of rotatable bonds is 9. The molecule has 0 amide bonds. The largest absolute Gasteiger partial charge is 0.416 e. The van der Waals surface area contributed by atoms with E-state index in [1.165, 1.54) is 45.4 Å². The number of hydrogen-bond donors (Lipinski definition) is 0. The maximum absolute atomic E-state index is 13.2. The second-order valence-corrected chi connectivity index (χ2v) is 12.7. The number of hydrogen-bond acceptors (Lipinski definition) is 5. The van der Waals surface area contributed by atoms with Crippen LogP contribution in [0, 0.1) is 0 Å². The summed E-state index contributed by atoms with van der Waals surface area (Å²) in [5.74, 6) is -0.666. The Morgan fingerprint density at radius 2 is 1.75 bits per heavy atom. The van der Waals surface area contributed by atoms with E-state index < -0.39 is 37.4 Å². The highest BCUT2D eigenvalue weighted by atomic mass is 35.5. The van der Waals surface area contributed by atoms with E-state index in [-0.39, 0.29) is 34.7 Å². The third-order valence-electron chi connectivity index (χ3n) is 5.78. The summed E-state index contributed by atoms with van der Waals surface area (Å²) in [6, 6.07) is 9.70. The minimum Gasteiger partial charge on any atom is -0.315 e. The van der Waals surface area contributed by atoms with E-state index in [0.717, 1.165) is 18.2 Å². The van der Waals surface area contributed by atoms with Crippen LogP contribution in [-0.4, -0.2) is 37.2 Å². The second-order valence-electron chi connectivity index (χ2n) is 8.48. The van der Waals surface area contributed by atoms with Gasteiger partial charge < -0.3 is 4.57 Å². The second kappa shape index (κ2) is 9.81. The summed E-state index contributed by atoms with van der Waals surface area (Å²) >= 11 is 5.87. The van der Waals surface area contributed by atoms with Crippen molar-refractivity contribution in [1.82, 2.24) is 13.9 Å². The molecule has 1 fully saturated rings. The first-order chi connectivity index (χ1) is 16.8. The number of aromatic nitrogens is 2. The van der Waals surface area contributed by atoms with Crippen LogP contribution in [0.3, 0.4) is 0 Å². The molecule has 0 radical (unpaired) electrons. The molecule has 0 spiro atoms. The van der Waals surface area contributed by atoms with Crippen LogP contribution in [0.1, 0.15) is 42.6 Å². The Labute approximate surface area is 212 Å². The first-order valence-electron chi connectivity index (χ1n) is 11.0. The molecule has 3 aromatic rings. The Morgan fingerprint density at radius 3 is 2.33 bits per heavy atom. The molecule has 0 atom stereocenters. The maximum Gasteiger partial charge on any atom is 0.416 e. The Bertz CT molecular complexity index is 1470. The van der Waals surface area contributed by atoms with Crippen molar-refractivity contribution in [3.8, 4) is 0 Å². The number of alkyl halides is 3. The number of halogens is 4. The smallest absolute Gasteiger partial charge is 0.315 e. The number of benzene rings is 2. The van der Waals surface area contributed by atoms with Gasteiger partial charge in [0.05, 0.1) is 34.6 Å². The van der Waals surface area contributed by atoms with Crippen LogP contribution in [0.25, 0.3) is 0 Å². The molecule has 1 aromatic heterocycles. The normalized spacial score (nSPS) is 14.9. The molecule has 194 valence electrons. The van der Waals surface area contributed by atoms with Crippen LogP contribution < -0.4 is 0 Å². The molecule has 1 saturated carbocycles. The van der Waals surface area contributed by atoms with Crippen molar-refractivity contribution in [1.29, 1.82) is 0 Å². The maximum atomic E-state index is 13.2. The summed E-state index contributed by atoms with van der Waals surface area (Å²) in [6.45, 7) is 1.66. The van der Waals surface area contributed by atoms with Gasteiger partial charge in [-0.3, -0.25) is 0 Å². The zero-order valence-electron chi connectivity index (χ0n) is 19.1. The number of nitrogens with zero attached hydrogens (tertiary/aromatic N) is 3. The molecule has 1 aliphatic carbocycles. The van der Waals surface area contributed by atoms with Crippen molar-refractivity contribution in [3.63, 3.8) is 0 Å². The first-order valence-corrected chi connectivity index (χ1v) is 14.5. The number of imidazole rings is 1. The van der Waals surface area contributed by atoms with Crippen LogP contribution in [0.2, 0.25) is 5.02 Å². The molecule has 1 aliphatic rings. The van der Waals surface area contributed by atoms with Crippen molar-refractivity contribution >= 4 is 31.5 Å². The van der Waals surface area contributed by atoms with E-state index >= 15 is 0 Å². The number of sulfone groups is 1. The topological polar surface area (TPSA) is 89.3 Å². The van der Waals surface area contributed by atoms with E-state index in [1.807, 2.05) is 0 Å². The van der Waals surface area contributed by atoms with Gasteiger partial charge in [0.25, 0.3) is 0 Å². The molecule has 0 saturated heterocycles. The molecule has 4 rings (SSSR count). The average Bonchev–Trinajstić information content (AvgIpc) is 3.55. The summed E-state index contributed by atoms with van der Waals surface area (Å²) in [5.41, 5.74) is -0.566. The van der Waals surface area contributed by atoms with Crippen molar-refractivity contribution in [2.24, 2.45) is 0 Å². The number of sulfonamides is 1. The average molecular weight is 562 g/mol. The lowest BCUT2D eigenvalue weighted by atomic mass is 10.1. The van der Waals surface area contributed by atoms with Crippen LogP contribution in [0.5, 0.6) is 0 Å². The Hall–Kier alpha value is -2.41. The van der Waals surface area contributed by atoms with Crippen molar-refractivity contribution < 1.29 is 30.0 Å². The van der Waals surface area contributed by atoms with Gasteiger partial charge in [-0.2, -0.15) is 17.5 Å². The van der Waals surface area contributed by atoms with Crippen molar-refractivity contribution in [2.75, 3.05) is 6.54 Å². The summed E-state index contributed by atoms with van der Waals surface area (Å²) in [7, 11) is -8.03. The van der Waals surface area contributed by atoms with E-state index in [4.69, 9.17) is 11.6 Å².